The van der Waals surface area contributed by atoms with Gasteiger partial charge in [-0.15, -0.1) is 0 Å². The minimum Gasteiger partial charge on any atom is -0.487 e. The van der Waals surface area contributed by atoms with Gasteiger partial charge in [0.1, 0.15) is 13.2 Å². The van der Waals surface area contributed by atoms with E-state index in [1.54, 1.807) is 0 Å². The average molecular weight is 248 g/mol. The van der Waals surface area contributed by atoms with Gasteiger partial charge in [0.2, 0.25) is 0 Å². The summed E-state index contributed by atoms with van der Waals surface area (Å²) in [6.45, 7) is 0.334. The molecule has 0 saturated heterocycles. The summed E-state index contributed by atoms with van der Waals surface area (Å²) in [5.41, 5.74) is 0. The molecule has 0 saturated carbocycles. The Balaban J connectivity index is 2.35. The van der Waals surface area contributed by atoms with Crippen LogP contribution >= 0.6 is 0 Å². The second-order valence-corrected chi connectivity index (χ2v) is 3.79. The van der Waals surface area contributed by atoms with Crippen molar-refractivity contribution in [3.05, 3.63) is 36.4 Å². The van der Waals surface area contributed by atoms with Gasteiger partial charge in [0.15, 0.2) is 11.5 Å². The molecule has 0 spiro atoms. The highest BCUT2D eigenvalue weighted by molar-refractivity contribution is 5.86. The zero-order valence-corrected chi connectivity index (χ0v) is 10.0. The Labute approximate surface area is 105 Å². The normalized spacial score (nSPS) is 10.6. The molecule has 0 radical (unpaired) electrons. The van der Waals surface area contributed by atoms with Crippen LogP contribution in [0.2, 0.25) is 0 Å². The Morgan fingerprint density at radius 3 is 1.61 bits per heavy atom. The zero-order chi connectivity index (χ0) is 12.8. The van der Waals surface area contributed by atoms with E-state index in [1.807, 2.05) is 36.4 Å². The molecule has 0 fully saturated rings. The van der Waals surface area contributed by atoms with Gasteiger partial charge in [0.05, 0.1) is 13.2 Å². The van der Waals surface area contributed by atoms with E-state index >= 15 is 0 Å². The van der Waals surface area contributed by atoms with Crippen molar-refractivity contribution in [3.8, 4) is 11.5 Å². The van der Waals surface area contributed by atoms with Crippen molar-refractivity contribution >= 4 is 10.8 Å². The van der Waals surface area contributed by atoms with Gasteiger partial charge >= 0.3 is 0 Å². The van der Waals surface area contributed by atoms with Crippen LogP contribution in [0, 0.1) is 0 Å². The molecule has 4 nitrogen and oxygen atoms in total. The predicted molar refractivity (Wildman–Crippen MR) is 69.1 cm³/mol. The van der Waals surface area contributed by atoms with Crippen LogP contribution in [-0.4, -0.2) is 36.6 Å². The largest absolute Gasteiger partial charge is 0.487 e. The van der Waals surface area contributed by atoms with E-state index in [1.165, 1.54) is 0 Å². The highest BCUT2D eigenvalue weighted by Gasteiger charge is 2.07. The molecular formula is C14H16O4. The first-order chi connectivity index (χ1) is 8.85. The van der Waals surface area contributed by atoms with Gasteiger partial charge in [-0.3, -0.25) is 0 Å². The molecule has 0 aromatic heterocycles. The number of ether oxygens (including phenoxy) is 2. The van der Waals surface area contributed by atoms with Crippen molar-refractivity contribution < 1.29 is 19.7 Å². The molecular weight excluding hydrogens is 232 g/mol. The fourth-order valence-corrected chi connectivity index (χ4v) is 1.74. The molecule has 0 aliphatic heterocycles. The van der Waals surface area contributed by atoms with Crippen LogP contribution in [0.5, 0.6) is 11.5 Å². The maximum absolute atomic E-state index is 8.80. The van der Waals surface area contributed by atoms with Crippen LogP contribution in [0.15, 0.2) is 36.4 Å². The van der Waals surface area contributed by atoms with Gasteiger partial charge in [-0.25, -0.2) is 0 Å². The van der Waals surface area contributed by atoms with Gasteiger partial charge < -0.3 is 19.7 Å². The lowest BCUT2D eigenvalue weighted by Crippen LogP contribution is -2.06. The fourth-order valence-electron chi connectivity index (χ4n) is 1.74. The molecule has 2 rings (SSSR count). The molecule has 0 aliphatic carbocycles. The Hall–Kier alpha value is -1.78. The van der Waals surface area contributed by atoms with Gasteiger partial charge in [-0.2, -0.15) is 0 Å². The predicted octanol–water partition coefficient (Wildman–Crippen LogP) is 1.58. The third kappa shape index (κ3) is 2.91. The minimum absolute atomic E-state index is 0.0493. The Kier molecular flexibility index (Phi) is 4.39. The number of rotatable bonds is 6. The first kappa shape index (κ1) is 12.7. The SMILES string of the molecule is OCCOc1cc2ccccc2cc1OCCO. The summed E-state index contributed by atoms with van der Waals surface area (Å²) >= 11 is 0. The Bertz CT molecular complexity index is 464. The lowest BCUT2D eigenvalue weighted by molar-refractivity contribution is 0.178. The molecule has 0 heterocycles. The van der Waals surface area contributed by atoms with Crippen LogP contribution in [0.1, 0.15) is 0 Å². The second kappa shape index (κ2) is 6.23. The van der Waals surface area contributed by atoms with E-state index in [-0.39, 0.29) is 26.4 Å². The number of aliphatic hydroxyl groups excluding tert-OH is 2. The van der Waals surface area contributed by atoms with Crippen LogP contribution in [-0.2, 0) is 0 Å². The molecule has 2 aromatic rings. The summed E-state index contributed by atoms with van der Waals surface area (Å²) in [4.78, 5) is 0. The van der Waals surface area contributed by atoms with Crippen LogP contribution in [0.3, 0.4) is 0 Å². The standard InChI is InChI=1S/C14H16O4/c15-5-7-17-13-9-11-3-1-2-4-12(11)10-14(13)18-8-6-16/h1-4,9-10,15-16H,5-8H2. The topological polar surface area (TPSA) is 58.9 Å². The van der Waals surface area contributed by atoms with E-state index < -0.39 is 0 Å². The van der Waals surface area contributed by atoms with Crippen molar-refractivity contribution in [3.63, 3.8) is 0 Å². The molecule has 0 unspecified atom stereocenters. The van der Waals surface area contributed by atoms with Crippen molar-refractivity contribution in [2.24, 2.45) is 0 Å². The molecule has 0 amide bonds. The highest BCUT2D eigenvalue weighted by atomic mass is 16.5. The highest BCUT2D eigenvalue weighted by Crippen LogP contribution is 2.32. The molecule has 0 bridgehead atoms. The van der Waals surface area contributed by atoms with Crippen molar-refractivity contribution in [2.75, 3.05) is 26.4 Å². The van der Waals surface area contributed by atoms with Gasteiger partial charge in [-0.1, -0.05) is 24.3 Å². The summed E-state index contributed by atoms with van der Waals surface area (Å²) in [6, 6.07) is 11.6. The van der Waals surface area contributed by atoms with E-state index in [9.17, 15) is 0 Å². The number of fused-ring (bicyclic) bond motifs is 1. The van der Waals surface area contributed by atoms with E-state index in [0.717, 1.165) is 10.8 Å². The van der Waals surface area contributed by atoms with Gasteiger partial charge in [-0.05, 0) is 22.9 Å². The first-order valence-corrected chi connectivity index (χ1v) is 5.85. The van der Waals surface area contributed by atoms with Crippen molar-refractivity contribution in [1.82, 2.24) is 0 Å². The maximum Gasteiger partial charge on any atom is 0.161 e. The number of aliphatic hydroxyl groups is 2. The lowest BCUT2D eigenvalue weighted by atomic mass is 10.1. The lowest BCUT2D eigenvalue weighted by Gasteiger charge is -2.13. The van der Waals surface area contributed by atoms with E-state index in [2.05, 4.69) is 0 Å². The third-order valence-corrected chi connectivity index (χ3v) is 2.51. The van der Waals surface area contributed by atoms with Gasteiger partial charge in [0.25, 0.3) is 0 Å². The first-order valence-electron chi connectivity index (χ1n) is 5.85. The van der Waals surface area contributed by atoms with Crippen molar-refractivity contribution in [2.45, 2.75) is 0 Å². The molecule has 96 valence electrons. The number of hydrogen-bond donors (Lipinski definition) is 2. The second-order valence-electron chi connectivity index (χ2n) is 3.79. The molecule has 2 N–H and O–H groups in total. The molecule has 4 heteroatoms. The molecule has 2 aromatic carbocycles. The van der Waals surface area contributed by atoms with Crippen LogP contribution in [0.25, 0.3) is 10.8 Å². The van der Waals surface area contributed by atoms with Crippen LogP contribution in [0.4, 0.5) is 0 Å². The summed E-state index contributed by atoms with van der Waals surface area (Å²) in [5.74, 6) is 1.16. The van der Waals surface area contributed by atoms with Crippen LogP contribution < -0.4 is 9.47 Å². The monoisotopic (exact) mass is 248 g/mol. The van der Waals surface area contributed by atoms with E-state index in [4.69, 9.17) is 19.7 Å². The smallest absolute Gasteiger partial charge is 0.161 e. The van der Waals surface area contributed by atoms with Crippen molar-refractivity contribution in [1.29, 1.82) is 0 Å². The molecule has 0 atom stereocenters. The fraction of sp³-hybridized carbons (Fsp3) is 0.286. The third-order valence-electron chi connectivity index (χ3n) is 2.51. The summed E-state index contributed by atoms with van der Waals surface area (Å²) in [5, 5.41) is 19.7. The average Bonchev–Trinajstić information content (AvgIpc) is 2.42. The Morgan fingerprint density at radius 2 is 1.22 bits per heavy atom. The Morgan fingerprint density at radius 1 is 0.778 bits per heavy atom. The maximum atomic E-state index is 8.80. The van der Waals surface area contributed by atoms with Gasteiger partial charge in [0, 0.05) is 0 Å². The summed E-state index contributed by atoms with van der Waals surface area (Å²) in [6.07, 6.45) is 0. The minimum atomic E-state index is -0.0493. The molecule has 18 heavy (non-hydrogen) atoms. The quantitative estimate of drug-likeness (QED) is 0.815. The van der Waals surface area contributed by atoms with E-state index in [0.29, 0.717) is 11.5 Å². The summed E-state index contributed by atoms with van der Waals surface area (Å²) in [7, 11) is 0. The zero-order valence-electron chi connectivity index (χ0n) is 10.0. The number of benzene rings is 2. The summed E-state index contributed by atoms with van der Waals surface area (Å²) < 4.78 is 10.9. The molecule has 0 aliphatic rings. The number of hydrogen-bond acceptors (Lipinski definition) is 4.